The zero-order chi connectivity index (χ0) is 15.3. The summed E-state index contributed by atoms with van der Waals surface area (Å²) in [6, 6.07) is 14.9. The summed E-state index contributed by atoms with van der Waals surface area (Å²) in [5.41, 5.74) is 1.92. The van der Waals surface area contributed by atoms with Crippen LogP contribution in [0.1, 0.15) is 15.2 Å². The van der Waals surface area contributed by atoms with E-state index in [1.165, 1.54) is 0 Å². The Bertz CT molecular complexity index is 585. The molecule has 0 atom stereocenters. The largest absolute Gasteiger partial charge is 0.493 e. The minimum Gasteiger partial charge on any atom is -0.493 e. The van der Waals surface area contributed by atoms with Crippen LogP contribution in [-0.4, -0.2) is 7.04 Å². The molecular weight excluding hydrogens is 292 g/mol. The van der Waals surface area contributed by atoms with Crippen molar-refractivity contribution < 1.29 is 13.6 Å². The van der Waals surface area contributed by atoms with Crippen LogP contribution in [0, 0.1) is 0 Å². The maximum absolute atomic E-state index is 7.23. The van der Waals surface area contributed by atoms with E-state index in [1.807, 2.05) is 36.4 Å². The molecule has 0 aliphatic heterocycles. The van der Waals surface area contributed by atoms with Gasteiger partial charge in [0, 0.05) is 5.33 Å². The summed E-state index contributed by atoms with van der Waals surface area (Å²) in [6.45, 7) is 0.353. The molecule has 0 spiro atoms. The van der Waals surface area contributed by atoms with Crippen LogP contribution >= 0.6 is 15.9 Å². The molecular formula is C15H15BrO2. The fraction of sp³-hybridized carbons (Fsp3) is 0.200. The number of rotatable bonds is 5. The van der Waals surface area contributed by atoms with E-state index in [2.05, 4.69) is 15.9 Å². The van der Waals surface area contributed by atoms with E-state index >= 15 is 0 Å². The lowest BCUT2D eigenvalue weighted by Gasteiger charge is -2.11. The normalized spacial score (nSPS) is 13.3. The molecule has 2 nitrogen and oxygen atoms in total. The van der Waals surface area contributed by atoms with E-state index in [4.69, 9.17) is 13.6 Å². The van der Waals surface area contributed by atoms with Gasteiger partial charge in [-0.2, -0.15) is 0 Å². The molecule has 0 aliphatic carbocycles. The van der Waals surface area contributed by atoms with E-state index < -0.39 is 7.04 Å². The lowest BCUT2D eigenvalue weighted by Crippen LogP contribution is -1.98. The third-order valence-corrected chi connectivity index (χ3v) is 3.16. The number of benzene rings is 2. The van der Waals surface area contributed by atoms with Crippen LogP contribution < -0.4 is 9.47 Å². The molecule has 0 heterocycles. The van der Waals surface area contributed by atoms with Crippen LogP contribution in [0.3, 0.4) is 0 Å². The molecule has 2 aromatic rings. The molecule has 0 bridgehead atoms. The van der Waals surface area contributed by atoms with Crippen LogP contribution in [-0.2, 0) is 11.9 Å². The summed E-state index contributed by atoms with van der Waals surface area (Å²) >= 11 is 3.33. The maximum Gasteiger partial charge on any atom is 0.161 e. The Morgan fingerprint density at radius 3 is 2.61 bits per heavy atom. The van der Waals surface area contributed by atoms with Gasteiger partial charge in [0.2, 0.25) is 0 Å². The van der Waals surface area contributed by atoms with Crippen LogP contribution in [0.2, 0.25) is 0 Å². The minimum atomic E-state index is -2.50. The molecule has 0 radical (unpaired) electrons. The minimum absolute atomic E-state index is 0.225. The molecule has 0 unspecified atom stereocenters. The van der Waals surface area contributed by atoms with E-state index in [-0.39, 0.29) is 5.75 Å². The van der Waals surface area contributed by atoms with Gasteiger partial charge < -0.3 is 9.47 Å². The summed E-state index contributed by atoms with van der Waals surface area (Å²) in [5.74, 6) is 0.641. The number of alkyl halides is 1. The zero-order valence-electron chi connectivity index (χ0n) is 12.7. The first kappa shape index (κ1) is 9.45. The summed E-state index contributed by atoms with van der Waals surface area (Å²) in [4.78, 5) is 0. The molecule has 2 rings (SSSR count). The van der Waals surface area contributed by atoms with Crippen molar-refractivity contribution in [2.24, 2.45) is 0 Å². The second-order valence-corrected chi connectivity index (χ2v) is 4.35. The Labute approximate surface area is 120 Å². The quantitative estimate of drug-likeness (QED) is 0.772. The Hall–Kier alpha value is -1.48. The van der Waals surface area contributed by atoms with Crippen LogP contribution in [0.25, 0.3) is 0 Å². The molecule has 0 saturated heterocycles. The Kier molecular flexibility index (Phi) is 3.39. The fourth-order valence-electron chi connectivity index (χ4n) is 1.57. The smallest absolute Gasteiger partial charge is 0.161 e. The lowest BCUT2D eigenvalue weighted by atomic mass is 10.2. The number of methoxy groups -OCH3 is 1. The Morgan fingerprint density at radius 1 is 1.06 bits per heavy atom. The van der Waals surface area contributed by atoms with Gasteiger partial charge in [-0.15, -0.1) is 0 Å². The van der Waals surface area contributed by atoms with E-state index in [0.29, 0.717) is 17.7 Å². The topological polar surface area (TPSA) is 18.5 Å². The lowest BCUT2D eigenvalue weighted by molar-refractivity contribution is 0.284. The molecule has 0 fully saturated rings. The highest BCUT2D eigenvalue weighted by atomic mass is 79.9. The highest BCUT2D eigenvalue weighted by Crippen LogP contribution is 2.29. The van der Waals surface area contributed by atoms with Crippen molar-refractivity contribution in [1.82, 2.24) is 0 Å². The summed E-state index contributed by atoms with van der Waals surface area (Å²) in [6.07, 6.45) is 0. The Morgan fingerprint density at radius 2 is 1.89 bits per heavy atom. The van der Waals surface area contributed by atoms with Gasteiger partial charge in [0.15, 0.2) is 11.5 Å². The summed E-state index contributed by atoms with van der Waals surface area (Å²) in [7, 11) is -2.50. The van der Waals surface area contributed by atoms with Crippen molar-refractivity contribution in [3.8, 4) is 11.5 Å². The average molecular weight is 310 g/mol. The Balaban J connectivity index is 2.17. The number of halogens is 1. The first-order valence-corrected chi connectivity index (χ1v) is 6.65. The average Bonchev–Trinajstić information content (AvgIpc) is 2.45. The van der Waals surface area contributed by atoms with Gasteiger partial charge in [0.05, 0.1) is 11.2 Å². The van der Waals surface area contributed by atoms with Crippen molar-refractivity contribution >= 4 is 15.9 Å². The number of ether oxygens (including phenoxy) is 2. The van der Waals surface area contributed by atoms with Gasteiger partial charge in [-0.1, -0.05) is 52.3 Å². The van der Waals surface area contributed by atoms with Gasteiger partial charge in [-0.05, 0) is 23.3 Å². The predicted molar refractivity (Wildman–Crippen MR) is 76.4 cm³/mol. The van der Waals surface area contributed by atoms with E-state index in [9.17, 15) is 0 Å². The van der Waals surface area contributed by atoms with Crippen molar-refractivity contribution in [1.29, 1.82) is 0 Å². The second kappa shape index (κ2) is 6.45. The van der Waals surface area contributed by atoms with Gasteiger partial charge in [0.1, 0.15) is 6.61 Å². The molecule has 3 heteroatoms. The van der Waals surface area contributed by atoms with E-state index in [1.54, 1.807) is 12.1 Å². The SMILES string of the molecule is [2H]C([2H])([2H])Oc1cc(CBr)ccc1OCc1ccccc1. The molecule has 0 amide bonds. The maximum atomic E-state index is 7.23. The monoisotopic (exact) mass is 309 g/mol. The summed E-state index contributed by atoms with van der Waals surface area (Å²) in [5, 5.41) is 0.614. The van der Waals surface area contributed by atoms with Gasteiger partial charge >= 0.3 is 0 Å². The summed E-state index contributed by atoms with van der Waals surface area (Å²) < 4.78 is 32.4. The standard InChI is InChI=1S/C15H15BrO2/c1-17-15-9-13(10-16)7-8-14(15)18-11-12-5-3-2-4-6-12/h2-9H,10-11H2,1H3/i1D3. The van der Waals surface area contributed by atoms with Crippen LogP contribution in [0.15, 0.2) is 48.5 Å². The van der Waals surface area contributed by atoms with Crippen LogP contribution in [0.4, 0.5) is 0 Å². The van der Waals surface area contributed by atoms with Gasteiger partial charge in [-0.25, -0.2) is 0 Å². The first-order chi connectivity index (χ1) is 9.98. The van der Waals surface area contributed by atoms with Gasteiger partial charge in [-0.3, -0.25) is 0 Å². The van der Waals surface area contributed by atoms with Crippen molar-refractivity contribution in [3.05, 3.63) is 59.7 Å². The second-order valence-electron chi connectivity index (χ2n) is 3.79. The molecule has 0 N–H and O–H groups in total. The fourth-order valence-corrected chi connectivity index (χ4v) is 1.92. The van der Waals surface area contributed by atoms with Crippen LogP contribution in [0.5, 0.6) is 11.5 Å². The van der Waals surface area contributed by atoms with Crippen molar-refractivity contribution in [2.75, 3.05) is 7.04 Å². The highest BCUT2D eigenvalue weighted by Gasteiger charge is 2.05. The van der Waals surface area contributed by atoms with Gasteiger partial charge in [0.25, 0.3) is 0 Å². The third kappa shape index (κ3) is 3.26. The highest BCUT2D eigenvalue weighted by molar-refractivity contribution is 9.08. The third-order valence-electron chi connectivity index (χ3n) is 2.51. The number of hydrogen-bond donors (Lipinski definition) is 0. The zero-order valence-corrected chi connectivity index (χ0v) is 11.3. The molecule has 0 saturated carbocycles. The molecule has 0 aliphatic rings. The molecule has 0 aromatic heterocycles. The molecule has 2 aromatic carbocycles. The molecule has 94 valence electrons. The number of hydrogen-bond acceptors (Lipinski definition) is 2. The first-order valence-electron chi connectivity index (χ1n) is 7.02. The van der Waals surface area contributed by atoms with Crippen molar-refractivity contribution in [2.45, 2.75) is 11.9 Å². The predicted octanol–water partition coefficient (Wildman–Crippen LogP) is 4.17. The van der Waals surface area contributed by atoms with Crippen molar-refractivity contribution in [3.63, 3.8) is 0 Å². The van der Waals surface area contributed by atoms with E-state index in [0.717, 1.165) is 11.1 Å². The molecule has 18 heavy (non-hydrogen) atoms.